The minimum Gasteiger partial charge on any atom is -0.406 e. The van der Waals surface area contributed by atoms with Gasteiger partial charge >= 0.3 is 12.5 Å². The van der Waals surface area contributed by atoms with E-state index in [2.05, 4.69) is 25.0 Å². The number of alkyl halides is 6. The number of imidazole rings is 1. The number of rotatable bonds is 9. The summed E-state index contributed by atoms with van der Waals surface area (Å²) in [5.41, 5.74) is -1.09. The molecule has 9 nitrogen and oxygen atoms in total. The molecule has 196 valence electrons. The quantitative estimate of drug-likeness (QED) is 0.427. The summed E-state index contributed by atoms with van der Waals surface area (Å²) in [6.45, 7) is 2.01. The van der Waals surface area contributed by atoms with Crippen molar-refractivity contribution in [2.75, 3.05) is 20.8 Å². The molecule has 0 aliphatic rings. The summed E-state index contributed by atoms with van der Waals surface area (Å²) in [6, 6.07) is 2.60. The first-order valence-corrected chi connectivity index (χ1v) is 10.3. The molecule has 0 spiro atoms. The predicted molar refractivity (Wildman–Crippen MR) is 112 cm³/mol. The Bertz CT molecular complexity index is 1200. The molecule has 0 saturated carbocycles. The summed E-state index contributed by atoms with van der Waals surface area (Å²) in [4.78, 5) is 24.0. The summed E-state index contributed by atoms with van der Waals surface area (Å²) < 4.78 is 92.3. The number of aromatic nitrogens is 4. The van der Waals surface area contributed by atoms with Crippen LogP contribution in [0.4, 0.5) is 26.3 Å². The maximum atomic E-state index is 12.8. The van der Waals surface area contributed by atoms with E-state index in [0.717, 1.165) is 12.1 Å². The Labute approximate surface area is 200 Å². The fourth-order valence-corrected chi connectivity index (χ4v) is 3.32. The molecule has 1 N–H and O–H groups in total. The molecule has 2 heterocycles. The third-order valence-electron chi connectivity index (χ3n) is 5.08. The van der Waals surface area contributed by atoms with Crippen LogP contribution in [-0.4, -0.2) is 58.7 Å². The SMILES string of the molecule is COCCn1c([C@@H](NC(=O)c2cnc(C(F)(F)F)cn2)[C@@H](C)OC)nc2cc(OC(F)(F)F)ccc21. The van der Waals surface area contributed by atoms with E-state index in [1.165, 1.54) is 20.3 Å². The van der Waals surface area contributed by atoms with Gasteiger partial charge in [-0.25, -0.2) is 15.0 Å². The van der Waals surface area contributed by atoms with E-state index in [1.807, 2.05) is 0 Å². The van der Waals surface area contributed by atoms with Crippen LogP contribution in [0.3, 0.4) is 0 Å². The van der Waals surface area contributed by atoms with Gasteiger partial charge in [-0.3, -0.25) is 4.79 Å². The highest BCUT2D eigenvalue weighted by atomic mass is 19.4. The number of fused-ring (bicyclic) bond motifs is 1. The first-order chi connectivity index (χ1) is 16.8. The topological polar surface area (TPSA) is 100 Å². The Balaban J connectivity index is 2.00. The van der Waals surface area contributed by atoms with Crippen molar-refractivity contribution < 1.29 is 45.3 Å². The molecule has 3 aromatic rings. The maximum Gasteiger partial charge on any atom is 0.573 e. The third-order valence-corrected chi connectivity index (χ3v) is 5.08. The molecule has 1 amide bonds. The molecule has 36 heavy (non-hydrogen) atoms. The van der Waals surface area contributed by atoms with E-state index in [9.17, 15) is 31.1 Å². The number of benzene rings is 1. The number of methoxy groups -OCH3 is 2. The average molecular weight is 521 g/mol. The first kappa shape index (κ1) is 27.1. The van der Waals surface area contributed by atoms with Crippen LogP contribution in [0.2, 0.25) is 0 Å². The first-order valence-electron chi connectivity index (χ1n) is 10.3. The largest absolute Gasteiger partial charge is 0.573 e. The fraction of sp³-hybridized carbons (Fsp3) is 0.429. The standard InChI is InChI=1S/C21H21F6N5O4/c1-11(35-3)17(31-19(33)14-9-29-16(10-28-14)20(22,23)24)18-30-13-8-12(36-21(25,26)27)4-5-15(13)32(18)6-7-34-2/h4-5,8-11,17H,6-7H2,1-3H3,(H,31,33)/t11-,17+/m1/s1. The average Bonchev–Trinajstić information content (AvgIpc) is 3.16. The molecule has 0 radical (unpaired) electrons. The van der Waals surface area contributed by atoms with Crippen molar-refractivity contribution in [1.82, 2.24) is 24.8 Å². The van der Waals surface area contributed by atoms with Gasteiger partial charge in [0.15, 0.2) is 5.69 Å². The van der Waals surface area contributed by atoms with E-state index < -0.39 is 47.7 Å². The normalized spacial score (nSPS) is 14.0. The highest BCUT2D eigenvalue weighted by Gasteiger charge is 2.34. The number of carbonyl (C=O) groups excluding carboxylic acids is 1. The molecular formula is C21H21F6N5O4. The van der Waals surface area contributed by atoms with Gasteiger partial charge in [-0.05, 0) is 19.1 Å². The Kier molecular flexibility index (Phi) is 8.03. The summed E-state index contributed by atoms with van der Waals surface area (Å²) in [6.07, 6.45) is -9.24. The van der Waals surface area contributed by atoms with Crippen LogP contribution in [0.1, 0.15) is 35.0 Å². The molecule has 3 rings (SSSR count). The third kappa shape index (κ3) is 6.40. The van der Waals surface area contributed by atoms with Gasteiger partial charge in [-0.2, -0.15) is 13.2 Å². The highest BCUT2D eigenvalue weighted by molar-refractivity contribution is 5.92. The van der Waals surface area contributed by atoms with Crippen molar-refractivity contribution in [1.29, 1.82) is 0 Å². The number of hydrogen-bond donors (Lipinski definition) is 1. The zero-order chi connectivity index (χ0) is 26.7. The van der Waals surface area contributed by atoms with Crippen LogP contribution < -0.4 is 10.1 Å². The molecule has 0 saturated heterocycles. The molecule has 0 fully saturated rings. The van der Waals surface area contributed by atoms with Crippen molar-refractivity contribution >= 4 is 16.9 Å². The van der Waals surface area contributed by atoms with E-state index in [-0.39, 0.29) is 24.5 Å². The predicted octanol–water partition coefficient (Wildman–Crippen LogP) is 3.90. The Morgan fingerprint density at radius 1 is 1.11 bits per heavy atom. The minimum atomic E-state index is -4.90. The van der Waals surface area contributed by atoms with Crippen molar-refractivity contribution in [3.05, 3.63) is 47.8 Å². The number of hydrogen-bond acceptors (Lipinski definition) is 7. The second kappa shape index (κ2) is 10.7. The van der Waals surface area contributed by atoms with Crippen molar-refractivity contribution in [2.45, 2.75) is 38.2 Å². The maximum absolute atomic E-state index is 12.8. The van der Waals surface area contributed by atoms with E-state index in [4.69, 9.17) is 9.47 Å². The van der Waals surface area contributed by atoms with Gasteiger partial charge in [-0.1, -0.05) is 0 Å². The summed E-state index contributed by atoms with van der Waals surface area (Å²) in [7, 11) is 2.81. The number of nitrogens with zero attached hydrogens (tertiary/aromatic N) is 4. The summed E-state index contributed by atoms with van der Waals surface area (Å²) >= 11 is 0. The lowest BCUT2D eigenvalue weighted by Gasteiger charge is -2.24. The molecular weight excluding hydrogens is 500 g/mol. The number of amides is 1. The van der Waals surface area contributed by atoms with Gasteiger partial charge in [0.2, 0.25) is 0 Å². The zero-order valence-electron chi connectivity index (χ0n) is 19.1. The molecule has 0 aliphatic heterocycles. The van der Waals surface area contributed by atoms with Crippen molar-refractivity contribution in [3.63, 3.8) is 0 Å². The van der Waals surface area contributed by atoms with Crippen LogP contribution in [0, 0.1) is 0 Å². The lowest BCUT2D eigenvalue weighted by Crippen LogP contribution is -2.38. The van der Waals surface area contributed by atoms with Gasteiger partial charge in [0.05, 0.1) is 36.1 Å². The molecule has 15 heteroatoms. The molecule has 2 atom stereocenters. The van der Waals surface area contributed by atoms with Gasteiger partial charge < -0.3 is 24.1 Å². The molecule has 2 aromatic heterocycles. The zero-order valence-corrected chi connectivity index (χ0v) is 19.1. The highest BCUT2D eigenvalue weighted by Crippen LogP contribution is 2.30. The van der Waals surface area contributed by atoms with Crippen molar-refractivity contribution in [2.24, 2.45) is 0 Å². The molecule has 0 aliphatic carbocycles. The number of carbonyl (C=O) groups is 1. The monoisotopic (exact) mass is 521 g/mol. The lowest BCUT2D eigenvalue weighted by molar-refractivity contribution is -0.274. The van der Waals surface area contributed by atoms with Crippen LogP contribution in [-0.2, 0) is 22.2 Å². The Morgan fingerprint density at radius 3 is 2.39 bits per heavy atom. The van der Waals surface area contributed by atoms with Gasteiger partial charge in [0.25, 0.3) is 5.91 Å². The minimum absolute atomic E-state index is 0.139. The van der Waals surface area contributed by atoms with E-state index in [0.29, 0.717) is 17.9 Å². The second-order valence-electron chi connectivity index (χ2n) is 7.49. The Hall–Kier alpha value is -3.46. The summed E-state index contributed by atoms with van der Waals surface area (Å²) in [5.74, 6) is -1.15. The molecule has 0 unspecified atom stereocenters. The number of ether oxygens (including phenoxy) is 3. The van der Waals surface area contributed by atoms with E-state index in [1.54, 1.807) is 11.5 Å². The van der Waals surface area contributed by atoms with Crippen molar-refractivity contribution in [3.8, 4) is 5.75 Å². The Morgan fingerprint density at radius 2 is 1.83 bits per heavy atom. The van der Waals surface area contributed by atoms with Crippen LogP contribution in [0.25, 0.3) is 11.0 Å². The number of halogens is 6. The van der Waals surface area contributed by atoms with Gasteiger partial charge in [0, 0.05) is 26.8 Å². The lowest BCUT2D eigenvalue weighted by atomic mass is 10.1. The second-order valence-corrected chi connectivity index (χ2v) is 7.49. The van der Waals surface area contributed by atoms with Crippen LogP contribution in [0.5, 0.6) is 5.75 Å². The van der Waals surface area contributed by atoms with E-state index >= 15 is 0 Å². The molecule has 1 aromatic carbocycles. The number of nitrogens with one attached hydrogen (secondary N) is 1. The van der Waals surface area contributed by atoms with Crippen LogP contribution in [0.15, 0.2) is 30.6 Å². The molecule has 0 bridgehead atoms. The van der Waals surface area contributed by atoms with Gasteiger partial charge in [0.1, 0.15) is 23.3 Å². The summed E-state index contributed by atoms with van der Waals surface area (Å²) in [5, 5.41) is 2.61. The van der Waals surface area contributed by atoms with Gasteiger partial charge in [-0.15, -0.1) is 13.2 Å². The fourth-order valence-electron chi connectivity index (χ4n) is 3.32. The smallest absolute Gasteiger partial charge is 0.406 e. The van der Waals surface area contributed by atoms with Crippen LogP contribution >= 0.6 is 0 Å².